The number of benzene rings is 2. The third kappa shape index (κ3) is 3.64. The molecule has 0 saturated carbocycles. The van der Waals surface area contributed by atoms with Gasteiger partial charge in [-0.2, -0.15) is 4.98 Å². The number of carbonyl (C=O) groups excluding carboxylic acids is 2. The van der Waals surface area contributed by atoms with Crippen molar-refractivity contribution in [3.8, 4) is 11.4 Å². The molecule has 0 spiro atoms. The van der Waals surface area contributed by atoms with E-state index in [-0.39, 0.29) is 30.7 Å². The third-order valence-corrected chi connectivity index (χ3v) is 4.79. The molecule has 28 heavy (non-hydrogen) atoms. The maximum absolute atomic E-state index is 12.5. The molecule has 4 rings (SSSR count). The second kappa shape index (κ2) is 7.64. The van der Waals surface area contributed by atoms with Gasteiger partial charge in [0.15, 0.2) is 0 Å². The van der Waals surface area contributed by atoms with Crippen molar-refractivity contribution < 1.29 is 14.1 Å². The summed E-state index contributed by atoms with van der Waals surface area (Å²) < 4.78 is 5.18. The largest absolute Gasteiger partial charge is 0.347 e. The highest BCUT2D eigenvalue weighted by atomic mass is 16.5. The van der Waals surface area contributed by atoms with Gasteiger partial charge in [0.05, 0.1) is 6.54 Å². The molecule has 2 amide bonds. The van der Waals surface area contributed by atoms with Crippen molar-refractivity contribution in [2.24, 2.45) is 0 Å². The van der Waals surface area contributed by atoms with Gasteiger partial charge in [0.25, 0.3) is 0 Å². The number of hydrogen-bond donors (Lipinski definition) is 1. The van der Waals surface area contributed by atoms with Crippen molar-refractivity contribution in [2.75, 3.05) is 18.0 Å². The minimum Gasteiger partial charge on any atom is -0.347 e. The molecule has 1 aliphatic heterocycles. The number of rotatable bonds is 5. The van der Waals surface area contributed by atoms with E-state index in [0.29, 0.717) is 12.4 Å². The van der Waals surface area contributed by atoms with E-state index in [1.54, 1.807) is 4.90 Å². The fourth-order valence-corrected chi connectivity index (χ4v) is 3.33. The minimum atomic E-state index is -0.333. The summed E-state index contributed by atoms with van der Waals surface area (Å²) in [5, 5.41) is 6.58. The molecule has 1 N–H and O–H groups in total. The number of anilines is 1. The molecular weight excluding hydrogens is 356 g/mol. The summed E-state index contributed by atoms with van der Waals surface area (Å²) in [5.41, 5.74) is 3.95. The van der Waals surface area contributed by atoms with Crippen LogP contribution in [0.3, 0.4) is 0 Å². The van der Waals surface area contributed by atoms with Crippen LogP contribution in [0, 0.1) is 6.92 Å². The monoisotopic (exact) mass is 376 g/mol. The van der Waals surface area contributed by atoms with Crippen LogP contribution in [0.25, 0.3) is 11.4 Å². The molecule has 1 aromatic heterocycles. The van der Waals surface area contributed by atoms with Crippen molar-refractivity contribution >= 4 is 17.5 Å². The lowest BCUT2D eigenvalue weighted by Crippen LogP contribution is -2.39. The average Bonchev–Trinajstić information content (AvgIpc) is 3.33. The summed E-state index contributed by atoms with van der Waals surface area (Å²) in [7, 11) is 0. The number of para-hydroxylation sites is 1. The van der Waals surface area contributed by atoms with Gasteiger partial charge in [-0.25, -0.2) is 0 Å². The van der Waals surface area contributed by atoms with Crippen molar-refractivity contribution in [3.05, 3.63) is 65.5 Å². The number of carbonyl (C=O) groups is 2. The molecule has 0 atom stereocenters. The van der Waals surface area contributed by atoms with Gasteiger partial charge in [-0.15, -0.1) is 0 Å². The molecule has 0 bridgehead atoms. The van der Waals surface area contributed by atoms with Crippen molar-refractivity contribution in [1.29, 1.82) is 0 Å². The molecule has 0 radical (unpaired) electrons. The van der Waals surface area contributed by atoms with Crippen LogP contribution in [0.5, 0.6) is 0 Å². The summed E-state index contributed by atoms with van der Waals surface area (Å²) >= 11 is 0. The van der Waals surface area contributed by atoms with E-state index in [4.69, 9.17) is 4.52 Å². The second-order valence-electron chi connectivity index (χ2n) is 6.70. The summed E-state index contributed by atoms with van der Waals surface area (Å²) in [5.74, 6) is 0.200. The standard InChI is InChI=1S/C21H20N4O3/c1-14-6-2-4-8-16(14)21-23-19(28-24-21)12-18(26)22-13-20(27)25-11-10-15-7-3-5-9-17(15)25/h2-9H,10-13H2,1H3,(H,22,26). The smallest absolute Gasteiger partial charge is 0.246 e. The average molecular weight is 376 g/mol. The quantitative estimate of drug-likeness (QED) is 0.738. The Morgan fingerprint density at radius 1 is 1.14 bits per heavy atom. The predicted molar refractivity (Wildman–Crippen MR) is 104 cm³/mol. The number of nitrogens with zero attached hydrogens (tertiary/aromatic N) is 3. The van der Waals surface area contributed by atoms with Crippen molar-refractivity contribution in [1.82, 2.24) is 15.5 Å². The maximum atomic E-state index is 12.5. The van der Waals surface area contributed by atoms with Crippen LogP contribution >= 0.6 is 0 Å². The van der Waals surface area contributed by atoms with E-state index in [2.05, 4.69) is 15.5 Å². The van der Waals surface area contributed by atoms with Gasteiger partial charge in [0, 0.05) is 17.8 Å². The maximum Gasteiger partial charge on any atom is 0.246 e. The van der Waals surface area contributed by atoms with Crippen LogP contribution in [0.15, 0.2) is 53.1 Å². The Kier molecular flexibility index (Phi) is 4.89. The Morgan fingerprint density at radius 3 is 2.79 bits per heavy atom. The fourth-order valence-electron chi connectivity index (χ4n) is 3.33. The van der Waals surface area contributed by atoms with Crippen molar-refractivity contribution in [3.63, 3.8) is 0 Å². The third-order valence-electron chi connectivity index (χ3n) is 4.79. The van der Waals surface area contributed by atoms with Gasteiger partial charge in [0.1, 0.15) is 6.42 Å². The normalized spacial score (nSPS) is 12.7. The van der Waals surface area contributed by atoms with Gasteiger partial charge in [-0.1, -0.05) is 47.6 Å². The Labute approximate surface area is 162 Å². The Bertz CT molecular complexity index is 1030. The highest BCUT2D eigenvalue weighted by Crippen LogP contribution is 2.27. The summed E-state index contributed by atoms with van der Waals surface area (Å²) in [6.45, 7) is 2.53. The van der Waals surface area contributed by atoms with Crippen LogP contribution in [-0.2, 0) is 22.4 Å². The van der Waals surface area contributed by atoms with Gasteiger partial charge < -0.3 is 14.7 Å². The number of fused-ring (bicyclic) bond motifs is 1. The lowest BCUT2D eigenvalue weighted by molar-refractivity contribution is -0.124. The number of amides is 2. The molecule has 7 heteroatoms. The minimum absolute atomic E-state index is 0.0635. The zero-order valence-corrected chi connectivity index (χ0v) is 15.5. The molecule has 3 aromatic rings. The number of nitrogens with one attached hydrogen (secondary N) is 1. The highest BCUT2D eigenvalue weighted by Gasteiger charge is 2.24. The molecule has 2 heterocycles. The molecule has 0 saturated heterocycles. The van der Waals surface area contributed by atoms with Crippen molar-refractivity contribution in [2.45, 2.75) is 19.8 Å². The Balaban J connectivity index is 1.33. The first-order chi connectivity index (χ1) is 13.6. The molecule has 1 aliphatic rings. The molecule has 0 unspecified atom stereocenters. The molecule has 7 nitrogen and oxygen atoms in total. The second-order valence-corrected chi connectivity index (χ2v) is 6.70. The highest BCUT2D eigenvalue weighted by molar-refractivity contribution is 5.98. The van der Waals surface area contributed by atoms with Gasteiger partial charge in [-0.3, -0.25) is 9.59 Å². The number of aromatic nitrogens is 2. The molecule has 142 valence electrons. The van der Waals surface area contributed by atoms with Crippen LogP contribution in [0.2, 0.25) is 0 Å². The van der Waals surface area contributed by atoms with E-state index >= 15 is 0 Å². The topological polar surface area (TPSA) is 88.3 Å². The van der Waals surface area contributed by atoms with Gasteiger partial charge >= 0.3 is 0 Å². The number of hydrogen-bond acceptors (Lipinski definition) is 5. The van der Waals surface area contributed by atoms with E-state index in [9.17, 15) is 9.59 Å². The Morgan fingerprint density at radius 2 is 1.93 bits per heavy atom. The first-order valence-electron chi connectivity index (χ1n) is 9.15. The lowest BCUT2D eigenvalue weighted by atomic mass is 10.1. The molecule has 2 aromatic carbocycles. The summed E-state index contributed by atoms with van der Waals surface area (Å²) in [6.07, 6.45) is 0.766. The van der Waals surface area contributed by atoms with Crippen LogP contribution < -0.4 is 10.2 Å². The zero-order chi connectivity index (χ0) is 19.5. The summed E-state index contributed by atoms with van der Waals surface area (Å²) in [4.78, 5) is 30.6. The van der Waals surface area contributed by atoms with E-state index in [1.807, 2.05) is 55.5 Å². The molecule has 0 aliphatic carbocycles. The van der Waals surface area contributed by atoms with Gasteiger partial charge in [-0.05, 0) is 30.5 Å². The van der Waals surface area contributed by atoms with E-state index in [1.165, 1.54) is 0 Å². The SMILES string of the molecule is Cc1ccccc1-c1noc(CC(=O)NCC(=O)N2CCc3ccccc32)n1. The van der Waals surface area contributed by atoms with E-state index < -0.39 is 0 Å². The lowest BCUT2D eigenvalue weighted by Gasteiger charge is -2.17. The zero-order valence-electron chi connectivity index (χ0n) is 15.5. The molecular formula is C21H20N4O3. The summed E-state index contributed by atoms with van der Waals surface area (Å²) in [6, 6.07) is 15.5. The fraction of sp³-hybridized carbons (Fsp3) is 0.238. The first kappa shape index (κ1) is 17.9. The first-order valence-corrected chi connectivity index (χ1v) is 9.15. The van der Waals surface area contributed by atoms with Gasteiger partial charge in [0.2, 0.25) is 23.5 Å². The van der Waals surface area contributed by atoms with Crippen LogP contribution in [-0.4, -0.2) is 35.0 Å². The van der Waals surface area contributed by atoms with Crippen LogP contribution in [0.4, 0.5) is 5.69 Å². The van der Waals surface area contributed by atoms with E-state index in [0.717, 1.165) is 28.8 Å². The predicted octanol–water partition coefficient (Wildman–Crippen LogP) is 2.29. The molecule has 0 fully saturated rings. The van der Waals surface area contributed by atoms with Crippen LogP contribution in [0.1, 0.15) is 17.0 Å². The Hall–Kier alpha value is -3.48. The number of aryl methyl sites for hydroxylation is 1.